The first-order valence-electron chi connectivity index (χ1n) is 7.77. The lowest BCUT2D eigenvalue weighted by Gasteiger charge is -2.20. The van der Waals surface area contributed by atoms with Gasteiger partial charge in [-0.15, -0.1) is 0 Å². The Kier molecular flexibility index (Phi) is 4.12. The second kappa shape index (κ2) is 6.25. The van der Waals surface area contributed by atoms with Crippen LogP contribution in [0.25, 0.3) is 6.08 Å². The number of hydrogen-bond donors (Lipinski definition) is 0. The van der Waals surface area contributed by atoms with Gasteiger partial charge in [0.25, 0.3) is 5.91 Å². The zero-order valence-corrected chi connectivity index (χ0v) is 13.9. The Morgan fingerprint density at radius 1 is 1.12 bits per heavy atom. The van der Waals surface area contributed by atoms with E-state index in [2.05, 4.69) is 6.07 Å². The van der Waals surface area contributed by atoms with E-state index < -0.39 is 17.6 Å². The summed E-state index contributed by atoms with van der Waals surface area (Å²) in [6.45, 7) is 3.47. The predicted molar refractivity (Wildman–Crippen MR) is 92.3 cm³/mol. The van der Waals surface area contributed by atoms with Crippen LogP contribution in [0.3, 0.4) is 0 Å². The molecule has 0 aromatic heterocycles. The van der Waals surface area contributed by atoms with Crippen molar-refractivity contribution >= 4 is 18.1 Å². The van der Waals surface area contributed by atoms with Crippen LogP contribution in [0, 0.1) is 11.3 Å². The van der Waals surface area contributed by atoms with Crippen LogP contribution >= 0.6 is 0 Å². The summed E-state index contributed by atoms with van der Waals surface area (Å²) >= 11 is 0. The molecule has 3 rings (SSSR count). The zero-order valence-electron chi connectivity index (χ0n) is 13.9. The van der Waals surface area contributed by atoms with Crippen molar-refractivity contribution in [1.82, 2.24) is 4.90 Å². The SMILES string of the molecule is CC1(C)OC(=O)N(C(=O)c2ccccc2)/C1=C\c1ccc(C#N)cc1. The molecule has 25 heavy (non-hydrogen) atoms. The second-order valence-corrected chi connectivity index (χ2v) is 6.15. The van der Waals surface area contributed by atoms with Crippen LogP contribution in [0.4, 0.5) is 4.79 Å². The lowest BCUT2D eigenvalue weighted by atomic mass is 10.0. The van der Waals surface area contributed by atoms with Crippen LogP contribution in [0.15, 0.2) is 60.3 Å². The third-order valence-corrected chi connectivity index (χ3v) is 3.95. The van der Waals surface area contributed by atoms with Gasteiger partial charge in [0.15, 0.2) is 0 Å². The third kappa shape index (κ3) is 3.15. The summed E-state index contributed by atoms with van der Waals surface area (Å²) in [6.07, 6.45) is 1.03. The molecule has 1 aliphatic heterocycles. The van der Waals surface area contributed by atoms with Gasteiger partial charge in [-0.2, -0.15) is 5.26 Å². The summed E-state index contributed by atoms with van der Waals surface area (Å²) in [7, 11) is 0. The van der Waals surface area contributed by atoms with Crippen molar-refractivity contribution < 1.29 is 14.3 Å². The fraction of sp³-hybridized carbons (Fsp3) is 0.150. The van der Waals surface area contributed by atoms with E-state index in [1.165, 1.54) is 0 Å². The number of imide groups is 1. The van der Waals surface area contributed by atoms with Gasteiger partial charge in [-0.1, -0.05) is 30.3 Å². The number of carbonyl (C=O) groups is 2. The maximum absolute atomic E-state index is 12.8. The molecule has 0 radical (unpaired) electrons. The Morgan fingerprint density at radius 2 is 1.76 bits per heavy atom. The predicted octanol–water partition coefficient (Wildman–Crippen LogP) is 3.97. The van der Waals surface area contributed by atoms with Gasteiger partial charge >= 0.3 is 6.09 Å². The number of nitriles is 1. The number of hydrogen-bond acceptors (Lipinski definition) is 4. The van der Waals surface area contributed by atoms with E-state index in [0.717, 1.165) is 10.5 Å². The first-order chi connectivity index (χ1) is 11.9. The Labute approximate surface area is 145 Å². The van der Waals surface area contributed by atoms with Gasteiger partial charge in [-0.25, -0.2) is 9.69 Å². The van der Waals surface area contributed by atoms with Crippen molar-refractivity contribution in [3.8, 4) is 6.07 Å². The van der Waals surface area contributed by atoms with Crippen molar-refractivity contribution in [2.45, 2.75) is 19.4 Å². The fourth-order valence-electron chi connectivity index (χ4n) is 2.64. The van der Waals surface area contributed by atoms with Crippen LogP contribution in [-0.2, 0) is 4.74 Å². The van der Waals surface area contributed by atoms with E-state index in [1.54, 1.807) is 74.5 Å². The molecule has 5 heteroatoms. The van der Waals surface area contributed by atoms with Gasteiger partial charge in [0.1, 0.15) is 5.60 Å². The molecule has 0 unspecified atom stereocenters. The fourth-order valence-corrected chi connectivity index (χ4v) is 2.64. The van der Waals surface area contributed by atoms with E-state index >= 15 is 0 Å². The molecule has 0 bridgehead atoms. The average molecular weight is 332 g/mol. The summed E-state index contributed by atoms with van der Waals surface area (Å²) in [5.41, 5.74) is 1.23. The van der Waals surface area contributed by atoms with E-state index in [9.17, 15) is 9.59 Å². The molecule has 2 amide bonds. The largest absolute Gasteiger partial charge is 0.436 e. The molecular formula is C20H16N2O3. The highest BCUT2D eigenvalue weighted by Gasteiger charge is 2.46. The molecule has 124 valence electrons. The first-order valence-corrected chi connectivity index (χ1v) is 7.77. The lowest BCUT2D eigenvalue weighted by molar-refractivity contribution is 0.0792. The van der Waals surface area contributed by atoms with Crippen LogP contribution in [0.1, 0.15) is 35.3 Å². The van der Waals surface area contributed by atoms with Gasteiger partial charge in [0.2, 0.25) is 0 Å². The molecule has 0 atom stereocenters. The minimum Gasteiger partial charge on any atom is -0.436 e. The van der Waals surface area contributed by atoms with Crippen LogP contribution < -0.4 is 0 Å². The van der Waals surface area contributed by atoms with Crippen molar-refractivity contribution in [3.63, 3.8) is 0 Å². The standard InChI is InChI=1S/C20H16N2O3/c1-20(2)17(12-14-8-10-15(13-21)11-9-14)22(19(24)25-20)18(23)16-6-4-3-5-7-16/h3-12H,1-2H3/b17-12-. The molecule has 0 saturated carbocycles. The van der Waals surface area contributed by atoms with Gasteiger partial charge in [-0.3, -0.25) is 4.79 Å². The number of benzene rings is 2. The smallest absolute Gasteiger partial charge is 0.422 e. The van der Waals surface area contributed by atoms with E-state index in [-0.39, 0.29) is 0 Å². The summed E-state index contributed by atoms with van der Waals surface area (Å²) in [5, 5.41) is 8.89. The maximum atomic E-state index is 12.8. The number of carbonyl (C=O) groups excluding carboxylic acids is 2. The summed E-state index contributed by atoms with van der Waals surface area (Å²) in [6, 6.07) is 17.5. The number of amides is 2. The molecular weight excluding hydrogens is 316 g/mol. The first kappa shape index (κ1) is 16.5. The molecule has 2 aromatic carbocycles. The third-order valence-electron chi connectivity index (χ3n) is 3.95. The van der Waals surface area contributed by atoms with E-state index in [0.29, 0.717) is 16.8 Å². The van der Waals surface area contributed by atoms with Gasteiger partial charge in [-0.05, 0) is 49.8 Å². The Morgan fingerprint density at radius 3 is 2.36 bits per heavy atom. The maximum Gasteiger partial charge on any atom is 0.422 e. The Hall–Kier alpha value is -3.39. The molecule has 5 nitrogen and oxygen atoms in total. The van der Waals surface area contributed by atoms with Crippen molar-refractivity contribution in [2.75, 3.05) is 0 Å². The Bertz CT molecular complexity index is 891. The van der Waals surface area contributed by atoms with Crippen molar-refractivity contribution in [1.29, 1.82) is 5.26 Å². The second-order valence-electron chi connectivity index (χ2n) is 6.15. The molecule has 0 aliphatic carbocycles. The van der Waals surface area contributed by atoms with Crippen molar-refractivity contribution in [2.24, 2.45) is 0 Å². The van der Waals surface area contributed by atoms with Crippen LogP contribution in [0.5, 0.6) is 0 Å². The van der Waals surface area contributed by atoms with Gasteiger partial charge in [0.05, 0.1) is 17.3 Å². The number of cyclic esters (lactones) is 1. The molecule has 0 spiro atoms. The van der Waals surface area contributed by atoms with Crippen LogP contribution in [-0.4, -0.2) is 22.5 Å². The topological polar surface area (TPSA) is 70.4 Å². The normalized spacial score (nSPS) is 17.2. The number of nitrogens with zero attached hydrogens (tertiary/aromatic N) is 2. The van der Waals surface area contributed by atoms with E-state index in [4.69, 9.17) is 10.00 Å². The van der Waals surface area contributed by atoms with Gasteiger partial charge < -0.3 is 4.74 Å². The molecule has 1 aliphatic rings. The highest BCUT2D eigenvalue weighted by Crippen LogP contribution is 2.35. The Balaban J connectivity index is 2.03. The lowest BCUT2D eigenvalue weighted by Crippen LogP contribution is -2.32. The zero-order chi connectivity index (χ0) is 18.0. The monoisotopic (exact) mass is 332 g/mol. The summed E-state index contributed by atoms with van der Waals surface area (Å²) in [5.74, 6) is -0.434. The minimum atomic E-state index is -0.935. The van der Waals surface area contributed by atoms with Crippen LogP contribution in [0.2, 0.25) is 0 Å². The number of ether oxygens (including phenoxy) is 1. The minimum absolute atomic E-state index is 0.405. The average Bonchev–Trinajstić information content (AvgIpc) is 2.84. The highest BCUT2D eigenvalue weighted by molar-refractivity contribution is 6.06. The number of rotatable bonds is 2. The van der Waals surface area contributed by atoms with Crippen molar-refractivity contribution in [3.05, 3.63) is 77.0 Å². The molecule has 2 aromatic rings. The highest BCUT2D eigenvalue weighted by atomic mass is 16.6. The quantitative estimate of drug-likeness (QED) is 0.834. The summed E-state index contributed by atoms with van der Waals surface area (Å²) in [4.78, 5) is 26.2. The van der Waals surface area contributed by atoms with E-state index in [1.807, 2.05) is 0 Å². The van der Waals surface area contributed by atoms with Gasteiger partial charge in [0, 0.05) is 5.56 Å². The molecule has 1 fully saturated rings. The molecule has 0 N–H and O–H groups in total. The molecule has 1 heterocycles. The molecule has 1 saturated heterocycles. The summed E-state index contributed by atoms with van der Waals surface area (Å²) < 4.78 is 5.38.